The number of nitrogens with one attached hydrogen (secondary N) is 1. The van der Waals surface area contributed by atoms with Crippen LogP contribution >= 0.6 is 0 Å². The van der Waals surface area contributed by atoms with E-state index in [0.29, 0.717) is 13.0 Å². The molecule has 0 fully saturated rings. The van der Waals surface area contributed by atoms with Gasteiger partial charge in [-0.15, -0.1) is 0 Å². The fourth-order valence-corrected chi connectivity index (χ4v) is 3.61. The van der Waals surface area contributed by atoms with Crippen molar-refractivity contribution in [3.05, 3.63) is 59.7 Å². The standard InChI is InChI=1S/C23H30N2O2/c1-3-22(27-20-12-6-9-18(2)17-20)23(26)24-14-8-16-25-15-7-11-19-10-4-5-13-21(19)25/h4-6,9-10,12-13,17,22H,3,7-8,11,14-16H2,1-2H3,(H,24,26)/t22-/m0/s1. The lowest BCUT2D eigenvalue weighted by Gasteiger charge is -2.31. The van der Waals surface area contributed by atoms with E-state index in [4.69, 9.17) is 4.74 Å². The van der Waals surface area contributed by atoms with E-state index < -0.39 is 6.10 Å². The molecule has 1 heterocycles. The summed E-state index contributed by atoms with van der Waals surface area (Å²) in [6.45, 7) is 6.73. The second kappa shape index (κ2) is 9.45. The summed E-state index contributed by atoms with van der Waals surface area (Å²) in [5.41, 5.74) is 3.92. The maximum Gasteiger partial charge on any atom is 0.261 e. The van der Waals surface area contributed by atoms with Crippen LogP contribution in [-0.4, -0.2) is 31.6 Å². The van der Waals surface area contributed by atoms with E-state index in [9.17, 15) is 4.79 Å². The van der Waals surface area contributed by atoms with Gasteiger partial charge in [-0.25, -0.2) is 0 Å². The normalized spacial score (nSPS) is 14.4. The summed E-state index contributed by atoms with van der Waals surface area (Å²) in [6.07, 6.45) is 3.51. The van der Waals surface area contributed by atoms with Gasteiger partial charge in [-0.1, -0.05) is 37.3 Å². The van der Waals surface area contributed by atoms with Crippen LogP contribution in [0.1, 0.15) is 37.3 Å². The second-order valence-electron chi connectivity index (χ2n) is 7.20. The number of carbonyl (C=O) groups excluding carboxylic acids is 1. The highest BCUT2D eigenvalue weighted by atomic mass is 16.5. The van der Waals surface area contributed by atoms with Crippen LogP contribution in [0.25, 0.3) is 0 Å². The minimum absolute atomic E-state index is 0.0296. The summed E-state index contributed by atoms with van der Waals surface area (Å²) in [4.78, 5) is 14.9. The minimum atomic E-state index is -0.442. The molecule has 1 aliphatic heterocycles. The van der Waals surface area contributed by atoms with E-state index >= 15 is 0 Å². The van der Waals surface area contributed by atoms with Crippen LogP contribution in [-0.2, 0) is 11.2 Å². The van der Waals surface area contributed by atoms with Gasteiger partial charge in [0.15, 0.2) is 6.10 Å². The Balaban J connectivity index is 1.45. The molecular formula is C23H30N2O2. The number of carbonyl (C=O) groups is 1. The molecule has 27 heavy (non-hydrogen) atoms. The van der Waals surface area contributed by atoms with Crippen LogP contribution in [0, 0.1) is 6.92 Å². The van der Waals surface area contributed by atoms with Crippen molar-refractivity contribution >= 4 is 11.6 Å². The van der Waals surface area contributed by atoms with Crippen LogP contribution in [0.5, 0.6) is 5.75 Å². The summed E-state index contributed by atoms with van der Waals surface area (Å²) in [5.74, 6) is 0.722. The molecule has 2 aromatic rings. The zero-order valence-corrected chi connectivity index (χ0v) is 16.4. The Bertz CT molecular complexity index is 760. The lowest BCUT2D eigenvalue weighted by Crippen LogP contribution is -2.39. The third kappa shape index (κ3) is 5.25. The molecule has 0 saturated heterocycles. The van der Waals surface area contributed by atoms with Gasteiger partial charge >= 0.3 is 0 Å². The van der Waals surface area contributed by atoms with Gasteiger partial charge in [0, 0.05) is 25.3 Å². The Morgan fingerprint density at radius 2 is 2.07 bits per heavy atom. The molecule has 2 aromatic carbocycles. The van der Waals surface area contributed by atoms with E-state index in [1.54, 1.807) is 0 Å². The molecule has 0 saturated carbocycles. The second-order valence-corrected chi connectivity index (χ2v) is 7.20. The number of para-hydroxylation sites is 1. The smallest absolute Gasteiger partial charge is 0.261 e. The molecule has 0 aromatic heterocycles. The van der Waals surface area contributed by atoms with Crippen molar-refractivity contribution in [1.29, 1.82) is 0 Å². The molecule has 0 bridgehead atoms. The van der Waals surface area contributed by atoms with Gasteiger partial charge in [0.2, 0.25) is 0 Å². The van der Waals surface area contributed by atoms with Crippen molar-refractivity contribution in [3.63, 3.8) is 0 Å². The number of hydrogen-bond acceptors (Lipinski definition) is 3. The highest BCUT2D eigenvalue weighted by molar-refractivity contribution is 5.81. The molecular weight excluding hydrogens is 336 g/mol. The number of fused-ring (bicyclic) bond motifs is 1. The Labute approximate surface area is 162 Å². The fraction of sp³-hybridized carbons (Fsp3) is 0.435. The highest BCUT2D eigenvalue weighted by Gasteiger charge is 2.19. The molecule has 0 spiro atoms. The number of aryl methyl sites for hydroxylation is 2. The molecule has 0 unspecified atom stereocenters. The van der Waals surface area contributed by atoms with E-state index in [1.807, 2.05) is 38.1 Å². The van der Waals surface area contributed by atoms with Crippen molar-refractivity contribution in [2.75, 3.05) is 24.5 Å². The predicted octanol–water partition coefficient (Wildman–Crippen LogP) is 4.11. The highest BCUT2D eigenvalue weighted by Crippen LogP contribution is 2.26. The van der Waals surface area contributed by atoms with Crippen LogP contribution in [0.2, 0.25) is 0 Å². The first-order valence-electron chi connectivity index (χ1n) is 10.0. The molecule has 144 valence electrons. The molecule has 4 heteroatoms. The number of hydrogen-bond donors (Lipinski definition) is 1. The third-order valence-electron chi connectivity index (χ3n) is 5.04. The van der Waals surface area contributed by atoms with E-state index in [2.05, 4.69) is 34.5 Å². The summed E-state index contributed by atoms with van der Waals surface area (Å²) >= 11 is 0. The number of ether oxygens (including phenoxy) is 1. The predicted molar refractivity (Wildman–Crippen MR) is 110 cm³/mol. The Morgan fingerprint density at radius 3 is 2.89 bits per heavy atom. The molecule has 3 rings (SSSR count). The summed E-state index contributed by atoms with van der Waals surface area (Å²) in [7, 11) is 0. The van der Waals surface area contributed by atoms with Crippen LogP contribution in [0.15, 0.2) is 48.5 Å². The van der Waals surface area contributed by atoms with Crippen molar-refractivity contribution in [2.24, 2.45) is 0 Å². The quantitative estimate of drug-likeness (QED) is 0.715. The van der Waals surface area contributed by atoms with Crippen molar-refractivity contribution < 1.29 is 9.53 Å². The lowest BCUT2D eigenvalue weighted by atomic mass is 10.0. The summed E-state index contributed by atoms with van der Waals surface area (Å²) in [6, 6.07) is 16.5. The largest absolute Gasteiger partial charge is 0.481 e. The SMILES string of the molecule is CC[C@H](Oc1cccc(C)c1)C(=O)NCCCN1CCCc2ccccc21. The monoisotopic (exact) mass is 366 g/mol. The number of benzene rings is 2. The maximum atomic E-state index is 12.5. The molecule has 4 nitrogen and oxygen atoms in total. The molecule has 1 aliphatic rings. The number of anilines is 1. The van der Waals surface area contributed by atoms with Gasteiger partial charge in [-0.2, -0.15) is 0 Å². The number of nitrogens with zero attached hydrogens (tertiary/aromatic N) is 1. The average molecular weight is 367 g/mol. The third-order valence-corrected chi connectivity index (χ3v) is 5.04. The van der Waals surface area contributed by atoms with Crippen LogP contribution in [0.3, 0.4) is 0 Å². The number of amides is 1. The molecule has 1 N–H and O–H groups in total. The summed E-state index contributed by atoms with van der Waals surface area (Å²) in [5, 5.41) is 3.04. The van der Waals surface area contributed by atoms with Crippen LogP contribution in [0.4, 0.5) is 5.69 Å². The fourth-order valence-electron chi connectivity index (χ4n) is 3.61. The van der Waals surface area contributed by atoms with Crippen molar-refractivity contribution in [3.8, 4) is 5.75 Å². The lowest BCUT2D eigenvalue weighted by molar-refractivity contribution is -0.128. The Morgan fingerprint density at radius 1 is 1.22 bits per heavy atom. The first-order chi connectivity index (χ1) is 13.2. The first kappa shape index (κ1) is 19.3. The van der Waals surface area contributed by atoms with Gasteiger partial charge in [-0.05, 0) is 61.9 Å². The summed E-state index contributed by atoms with van der Waals surface area (Å²) < 4.78 is 5.88. The maximum absolute atomic E-state index is 12.5. The minimum Gasteiger partial charge on any atom is -0.481 e. The van der Waals surface area contributed by atoms with E-state index in [1.165, 1.54) is 17.7 Å². The first-order valence-corrected chi connectivity index (χ1v) is 10.0. The zero-order valence-electron chi connectivity index (χ0n) is 16.4. The van der Waals surface area contributed by atoms with Gasteiger partial charge in [0.05, 0.1) is 0 Å². The topological polar surface area (TPSA) is 41.6 Å². The Kier molecular flexibility index (Phi) is 6.74. The van der Waals surface area contributed by atoms with Crippen molar-refractivity contribution in [1.82, 2.24) is 5.32 Å². The van der Waals surface area contributed by atoms with Gasteiger partial charge in [0.1, 0.15) is 5.75 Å². The molecule has 1 atom stereocenters. The van der Waals surface area contributed by atoms with Gasteiger partial charge in [0.25, 0.3) is 5.91 Å². The average Bonchev–Trinajstić information content (AvgIpc) is 2.69. The number of rotatable bonds is 8. The van der Waals surface area contributed by atoms with Crippen LogP contribution < -0.4 is 15.0 Å². The molecule has 1 amide bonds. The van der Waals surface area contributed by atoms with E-state index in [0.717, 1.165) is 37.2 Å². The van der Waals surface area contributed by atoms with Crippen molar-refractivity contribution in [2.45, 2.75) is 45.6 Å². The molecule has 0 aliphatic carbocycles. The van der Waals surface area contributed by atoms with Gasteiger partial charge in [-0.3, -0.25) is 4.79 Å². The Hall–Kier alpha value is -2.49. The zero-order chi connectivity index (χ0) is 19.1. The molecule has 0 radical (unpaired) electrons. The van der Waals surface area contributed by atoms with E-state index in [-0.39, 0.29) is 5.91 Å². The van der Waals surface area contributed by atoms with Gasteiger partial charge < -0.3 is 15.0 Å².